The molecule has 1 N–H and O–H groups in total. The predicted molar refractivity (Wildman–Crippen MR) is 134 cm³/mol. The molecule has 0 spiro atoms. The van der Waals surface area contributed by atoms with Crippen LogP contribution in [0.3, 0.4) is 0 Å². The van der Waals surface area contributed by atoms with Crippen molar-refractivity contribution in [1.82, 2.24) is 33.9 Å². The average Bonchev–Trinajstić information content (AvgIpc) is 3.63. The SMILES string of the molecule is COc1ccc(Cn2c(C)nc3ncc(-c4cn(Cn5cccn5)c(=O)c5[nH]ccc45)cc32)cc1. The number of rotatable bonds is 6. The fourth-order valence-corrected chi connectivity index (χ4v) is 4.45. The van der Waals surface area contributed by atoms with E-state index in [-0.39, 0.29) is 5.56 Å². The van der Waals surface area contributed by atoms with Crippen LogP contribution in [0.15, 0.2) is 78.2 Å². The van der Waals surface area contributed by atoms with Gasteiger partial charge in [-0.1, -0.05) is 12.1 Å². The van der Waals surface area contributed by atoms with Gasteiger partial charge in [0.1, 0.15) is 23.8 Å². The number of fused-ring (bicyclic) bond motifs is 2. The fourth-order valence-electron chi connectivity index (χ4n) is 4.45. The van der Waals surface area contributed by atoms with Crippen molar-refractivity contribution in [2.45, 2.75) is 20.1 Å². The molecule has 0 aliphatic rings. The van der Waals surface area contributed by atoms with Gasteiger partial charge in [-0.2, -0.15) is 5.10 Å². The van der Waals surface area contributed by atoms with Crippen LogP contribution in [0.5, 0.6) is 5.75 Å². The molecule has 5 aromatic heterocycles. The van der Waals surface area contributed by atoms with Crippen LogP contribution in [0.25, 0.3) is 33.2 Å². The zero-order chi connectivity index (χ0) is 23.9. The number of pyridine rings is 2. The Labute approximate surface area is 200 Å². The maximum absolute atomic E-state index is 13.1. The van der Waals surface area contributed by atoms with Crippen molar-refractivity contribution in [1.29, 1.82) is 0 Å². The van der Waals surface area contributed by atoms with Gasteiger partial charge in [-0.25, -0.2) is 9.97 Å². The van der Waals surface area contributed by atoms with Crippen molar-refractivity contribution in [2.24, 2.45) is 0 Å². The molecule has 0 unspecified atom stereocenters. The monoisotopic (exact) mass is 465 g/mol. The van der Waals surface area contributed by atoms with Gasteiger partial charge in [0, 0.05) is 54.0 Å². The molecule has 6 rings (SSSR count). The van der Waals surface area contributed by atoms with Gasteiger partial charge in [-0.3, -0.25) is 14.0 Å². The smallest absolute Gasteiger partial charge is 0.276 e. The first-order chi connectivity index (χ1) is 17.1. The molecular formula is C26H23N7O2. The highest BCUT2D eigenvalue weighted by Gasteiger charge is 2.15. The average molecular weight is 466 g/mol. The molecule has 35 heavy (non-hydrogen) atoms. The third-order valence-corrected chi connectivity index (χ3v) is 6.26. The third kappa shape index (κ3) is 3.67. The number of H-pyrrole nitrogens is 1. The molecule has 5 heterocycles. The van der Waals surface area contributed by atoms with Crippen molar-refractivity contribution < 1.29 is 4.74 Å². The Bertz CT molecular complexity index is 1710. The summed E-state index contributed by atoms with van der Waals surface area (Å²) in [6, 6.07) is 13.9. The fraction of sp³-hybridized carbons (Fsp3) is 0.154. The molecule has 9 nitrogen and oxygen atoms in total. The second-order valence-corrected chi connectivity index (χ2v) is 8.43. The van der Waals surface area contributed by atoms with Crippen LogP contribution in [0.2, 0.25) is 0 Å². The van der Waals surface area contributed by atoms with E-state index in [9.17, 15) is 4.79 Å². The highest BCUT2D eigenvalue weighted by atomic mass is 16.5. The predicted octanol–water partition coefficient (Wildman–Crippen LogP) is 3.81. The molecule has 0 saturated heterocycles. The Morgan fingerprint density at radius 2 is 2.00 bits per heavy atom. The summed E-state index contributed by atoms with van der Waals surface area (Å²) in [6.07, 6.45) is 9.01. The Hall–Kier alpha value is -4.66. The molecule has 0 amide bonds. The zero-order valence-electron chi connectivity index (χ0n) is 19.3. The molecule has 174 valence electrons. The lowest BCUT2D eigenvalue weighted by Crippen LogP contribution is -2.24. The standard InChI is InChI=1S/C26H23N7O2/c1-17-30-25-23(33(17)14-18-4-6-20(35-2)7-5-18)12-19(13-28-25)22-15-31(16-32-11-3-9-29-32)26(34)24-21(22)8-10-27-24/h3-13,15,27H,14,16H2,1-2H3. The molecule has 9 heteroatoms. The Balaban J connectivity index is 1.47. The molecule has 0 saturated carbocycles. The summed E-state index contributed by atoms with van der Waals surface area (Å²) in [4.78, 5) is 25.5. The molecular weight excluding hydrogens is 442 g/mol. The zero-order valence-corrected chi connectivity index (χ0v) is 19.3. The van der Waals surface area contributed by atoms with E-state index in [1.54, 1.807) is 28.8 Å². The van der Waals surface area contributed by atoms with Gasteiger partial charge < -0.3 is 14.3 Å². The van der Waals surface area contributed by atoms with Crippen LogP contribution < -0.4 is 10.3 Å². The third-order valence-electron chi connectivity index (χ3n) is 6.26. The van der Waals surface area contributed by atoms with E-state index in [1.165, 1.54) is 0 Å². The number of aromatic nitrogens is 7. The van der Waals surface area contributed by atoms with Crippen LogP contribution in [0.4, 0.5) is 0 Å². The number of benzene rings is 1. The van der Waals surface area contributed by atoms with E-state index in [0.717, 1.165) is 39.2 Å². The number of nitrogens with zero attached hydrogens (tertiary/aromatic N) is 6. The minimum atomic E-state index is -0.0984. The first kappa shape index (κ1) is 20.9. The van der Waals surface area contributed by atoms with Gasteiger partial charge in [0.25, 0.3) is 5.56 Å². The quantitative estimate of drug-likeness (QED) is 0.404. The number of imidazole rings is 1. The number of methoxy groups -OCH3 is 1. The normalized spacial score (nSPS) is 11.5. The lowest BCUT2D eigenvalue weighted by atomic mass is 10.1. The summed E-state index contributed by atoms with van der Waals surface area (Å²) < 4.78 is 10.8. The maximum atomic E-state index is 13.1. The van der Waals surface area contributed by atoms with E-state index < -0.39 is 0 Å². The molecule has 0 bridgehead atoms. The number of hydrogen-bond acceptors (Lipinski definition) is 5. The molecule has 1 aromatic carbocycles. The lowest BCUT2D eigenvalue weighted by molar-refractivity contribution is 0.414. The Morgan fingerprint density at radius 3 is 2.77 bits per heavy atom. The number of aryl methyl sites for hydroxylation is 1. The van der Waals surface area contributed by atoms with Crippen molar-refractivity contribution in [3.63, 3.8) is 0 Å². The first-order valence-corrected chi connectivity index (χ1v) is 11.2. The number of nitrogens with one attached hydrogen (secondary N) is 1. The van der Waals surface area contributed by atoms with Crippen LogP contribution in [-0.4, -0.2) is 41.0 Å². The number of ether oxygens (including phenoxy) is 1. The second kappa shape index (κ2) is 8.28. The van der Waals surface area contributed by atoms with E-state index in [1.807, 2.05) is 49.8 Å². The highest BCUT2D eigenvalue weighted by molar-refractivity contribution is 5.95. The minimum absolute atomic E-state index is 0.0984. The molecule has 0 aliphatic carbocycles. The first-order valence-electron chi connectivity index (χ1n) is 11.2. The van der Waals surface area contributed by atoms with Crippen molar-refractivity contribution in [2.75, 3.05) is 7.11 Å². The topological polar surface area (TPSA) is 95.5 Å². The van der Waals surface area contributed by atoms with Crippen molar-refractivity contribution >= 4 is 22.1 Å². The van der Waals surface area contributed by atoms with Gasteiger partial charge in [-0.05, 0) is 42.8 Å². The molecule has 0 fully saturated rings. The summed E-state index contributed by atoms with van der Waals surface area (Å²) in [5.74, 6) is 1.71. The van der Waals surface area contributed by atoms with Gasteiger partial charge in [-0.15, -0.1) is 0 Å². The molecule has 0 aliphatic heterocycles. The van der Waals surface area contributed by atoms with Crippen LogP contribution in [0.1, 0.15) is 11.4 Å². The van der Waals surface area contributed by atoms with Crippen molar-refractivity contribution in [3.05, 3.63) is 95.2 Å². The molecule has 0 radical (unpaired) electrons. The Morgan fingerprint density at radius 1 is 1.14 bits per heavy atom. The van der Waals surface area contributed by atoms with E-state index in [4.69, 9.17) is 4.74 Å². The van der Waals surface area contributed by atoms with Gasteiger partial charge in [0.2, 0.25) is 0 Å². The highest BCUT2D eigenvalue weighted by Crippen LogP contribution is 2.29. The Kier molecular flexibility index (Phi) is 4.95. The lowest BCUT2D eigenvalue weighted by Gasteiger charge is -2.12. The van der Waals surface area contributed by atoms with Crippen LogP contribution in [0, 0.1) is 6.92 Å². The van der Waals surface area contributed by atoms with E-state index >= 15 is 0 Å². The van der Waals surface area contributed by atoms with Gasteiger partial charge >= 0.3 is 0 Å². The van der Waals surface area contributed by atoms with Crippen LogP contribution in [-0.2, 0) is 13.2 Å². The minimum Gasteiger partial charge on any atom is -0.497 e. The van der Waals surface area contributed by atoms with Crippen molar-refractivity contribution in [3.8, 4) is 16.9 Å². The molecule has 0 atom stereocenters. The number of aromatic amines is 1. The summed E-state index contributed by atoms with van der Waals surface area (Å²) in [7, 11) is 1.66. The maximum Gasteiger partial charge on any atom is 0.276 e. The van der Waals surface area contributed by atoms with Gasteiger partial charge in [0.15, 0.2) is 5.65 Å². The largest absolute Gasteiger partial charge is 0.497 e. The van der Waals surface area contributed by atoms with E-state index in [2.05, 4.69) is 42.8 Å². The summed E-state index contributed by atoms with van der Waals surface area (Å²) >= 11 is 0. The van der Waals surface area contributed by atoms with Crippen LogP contribution >= 0.6 is 0 Å². The summed E-state index contributed by atoms with van der Waals surface area (Å²) in [5.41, 5.74) is 5.04. The van der Waals surface area contributed by atoms with E-state index in [0.29, 0.717) is 24.4 Å². The summed E-state index contributed by atoms with van der Waals surface area (Å²) in [6.45, 7) is 2.97. The second-order valence-electron chi connectivity index (χ2n) is 8.43. The van der Waals surface area contributed by atoms with Gasteiger partial charge in [0.05, 0.1) is 12.6 Å². The molecule has 6 aromatic rings. The number of hydrogen-bond donors (Lipinski definition) is 1. The summed E-state index contributed by atoms with van der Waals surface area (Å²) in [5, 5.41) is 5.10.